The second kappa shape index (κ2) is 11.0. The molecule has 2 aromatic heterocycles. The number of benzene rings is 1. The topological polar surface area (TPSA) is 113 Å². The molecule has 1 saturated heterocycles. The number of amides is 3. The van der Waals surface area contributed by atoms with Crippen LogP contribution in [0.25, 0.3) is 0 Å². The minimum absolute atomic E-state index is 0.212. The predicted molar refractivity (Wildman–Crippen MR) is 126 cm³/mol. The van der Waals surface area contributed by atoms with Crippen molar-refractivity contribution in [1.82, 2.24) is 21.2 Å². The van der Waals surface area contributed by atoms with Gasteiger partial charge in [-0.25, -0.2) is 4.98 Å². The Morgan fingerprint density at radius 3 is 2.52 bits per heavy atom. The van der Waals surface area contributed by atoms with E-state index in [1.165, 1.54) is 22.7 Å². The molecule has 9 nitrogen and oxygen atoms in total. The summed E-state index contributed by atoms with van der Waals surface area (Å²) in [5.74, 6) is -1.40. The molecule has 0 bridgehead atoms. The Labute approximate surface area is 198 Å². The van der Waals surface area contributed by atoms with Crippen LogP contribution in [0.15, 0.2) is 53.2 Å². The summed E-state index contributed by atoms with van der Waals surface area (Å²) < 4.78 is 5.34. The number of morpholine rings is 1. The van der Waals surface area contributed by atoms with Gasteiger partial charge in [-0.1, -0.05) is 36.4 Å². The van der Waals surface area contributed by atoms with Crippen molar-refractivity contribution in [2.75, 3.05) is 31.2 Å². The second-order valence-corrected chi connectivity index (χ2v) is 9.04. The minimum Gasteiger partial charge on any atom is -0.378 e. The zero-order valence-corrected chi connectivity index (χ0v) is 19.3. The third kappa shape index (κ3) is 6.15. The number of nitrogens with zero attached hydrogens (tertiary/aromatic N) is 2. The van der Waals surface area contributed by atoms with Crippen LogP contribution in [0.2, 0.25) is 0 Å². The van der Waals surface area contributed by atoms with Gasteiger partial charge in [0.25, 0.3) is 17.7 Å². The maximum Gasteiger partial charge on any atom is 0.289 e. The molecule has 3 aromatic rings. The first-order valence-corrected chi connectivity index (χ1v) is 12.1. The van der Waals surface area contributed by atoms with Crippen LogP contribution in [0, 0.1) is 0 Å². The number of carbonyl (C=O) groups excluding carboxylic acids is 3. The van der Waals surface area contributed by atoms with E-state index in [9.17, 15) is 14.4 Å². The second-order valence-electron chi connectivity index (χ2n) is 7.25. The highest BCUT2D eigenvalue weighted by Gasteiger charge is 2.24. The Kier molecular flexibility index (Phi) is 7.66. The lowest BCUT2D eigenvalue weighted by Crippen LogP contribution is -2.53. The van der Waals surface area contributed by atoms with Crippen LogP contribution in [0.3, 0.4) is 0 Å². The first-order valence-electron chi connectivity index (χ1n) is 10.4. The lowest BCUT2D eigenvalue weighted by molar-refractivity contribution is -0.123. The fourth-order valence-electron chi connectivity index (χ4n) is 3.23. The first kappa shape index (κ1) is 22.9. The zero-order chi connectivity index (χ0) is 23.0. The third-order valence-corrected chi connectivity index (χ3v) is 6.73. The van der Waals surface area contributed by atoms with Crippen LogP contribution in [-0.2, 0) is 16.0 Å². The van der Waals surface area contributed by atoms with E-state index in [-0.39, 0.29) is 18.0 Å². The lowest BCUT2D eigenvalue weighted by atomic mass is 10.1. The van der Waals surface area contributed by atoms with E-state index in [2.05, 4.69) is 26.1 Å². The fourth-order valence-corrected chi connectivity index (χ4v) is 4.72. The van der Waals surface area contributed by atoms with Crippen molar-refractivity contribution in [3.05, 3.63) is 69.4 Å². The van der Waals surface area contributed by atoms with Crippen LogP contribution in [0.5, 0.6) is 0 Å². The van der Waals surface area contributed by atoms with E-state index in [0.717, 1.165) is 23.8 Å². The Morgan fingerprint density at radius 1 is 1.00 bits per heavy atom. The molecule has 33 heavy (non-hydrogen) atoms. The summed E-state index contributed by atoms with van der Waals surface area (Å²) in [5.41, 5.74) is 5.92. The summed E-state index contributed by atoms with van der Waals surface area (Å²) in [6, 6.07) is 11.9. The SMILES string of the molecule is O=C(NNC(=O)C(Cc1ccccc1)NC(=O)c1cccs1)c1csc(N2CCOCC2)n1. The van der Waals surface area contributed by atoms with Gasteiger partial charge in [0.1, 0.15) is 11.7 Å². The van der Waals surface area contributed by atoms with Crippen molar-refractivity contribution in [3.63, 3.8) is 0 Å². The average molecular weight is 486 g/mol. The van der Waals surface area contributed by atoms with Gasteiger partial charge in [-0.15, -0.1) is 22.7 Å². The number of ether oxygens (including phenoxy) is 1. The van der Waals surface area contributed by atoms with Crippen molar-refractivity contribution in [3.8, 4) is 0 Å². The monoisotopic (exact) mass is 485 g/mol. The molecule has 1 fully saturated rings. The average Bonchev–Trinajstić information content (AvgIpc) is 3.56. The number of hydrogen-bond acceptors (Lipinski definition) is 8. The van der Waals surface area contributed by atoms with Crippen LogP contribution in [-0.4, -0.2) is 55.1 Å². The molecule has 1 unspecified atom stereocenters. The van der Waals surface area contributed by atoms with Gasteiger partial charge in [0.05, 0.1) is 18.1 Å². The standard InChI is InChI=1S/C22H23N5O4S2/c28-19(25-26-20(29)17-14-33-22(24-17)27-8-10-31-11-9-27)16(13-15-5-2-1-3-6-15)23-21(30)18-7-4-12-32-18/h1-7,12,14,16H,8-11,13H2,(H,23,30)(H,25,28)(H,26,29). The molecular formula is C22H23N5O4S2. The number of nitrogens with one attached hydrogen (secondary N) is 3. The third-order valence-electron chi connectivity index (χ3n) is 4.95. The molecule has 4 rings (SSSR count). The predicted octanol–water partition coefficient (Wildman–Crippen LogP) is 1.84. The number of carbonyl (C=O) groups is 3. The molecular weight excluding hydrogens is 462 g/mol. The molecule has 3 N–H and O–H groups in total. The molecule has 0 spiro atoms. The summed E-state index contributed by atoms with van der Waals surface area (Å²) in [6.07, 6.45) is 0.275. The Bertz CT molecular complexity index is 1080. The number of rotatable bonds is 7. The highest BCUT2D eigenvalue weighted by molar-refractivity contribution is 7.14. The van der Waals surface area contributed by atoms with Crippen molar-refractivity contribution in [1.29, 1.82) is 0 Å². The van der Waals surface area contributed by atoms with Crippen molar-refractivity contribution in [2.45, 2.75) is 12.5 Å². The highest BCUT2D eigenvalue weighted by Crippen LogP contribution is 2.21. The smallest absolute Gasteiger partial charge is 0.289 e. The van der Waals surface area contributed by atoms with Gasteiger partial charge in [-0.2, -0.15) is 0 Å². The van der Waals surface area contributed by atoms with E-state index in [1.807, 2.05) is 30.3 Å². The number of hydrazine groups is 1. The highest BCUT2D eigenvalue weighted by atomic mass is 32.1. The summed E-state index contributed by atoms with van der Waals surface area (Å²) in [4.78, 5) is 44.8. The largest absolute Gasteiger partial charge is 0.378 e. The van der Waals surface area contributed by atoms with Crippen LogP contribution < -0.4 is 21.1 Å². The van der Waals surface area contributed by atoms with E-state index >= 15 is 0 Å². The van der Waals surface area contributed by atoms with Gasteiger partial charge in [-0.05, 0) is 17.0 Å². The lowest BCUT2D eigenvalue weighted by Gasteiger charge is -2.25. The Hall–Kier alpha value is -3.28. The maximum atomic E-state index is 12.9. The molecule has 1 atom stereocenters. The summed E-state index contributed by atoms with van der Waals surface area (Å²) >= 11 is 2.65. The molecule has 172 valence electrons. The summed E-state index contributed by atoms with van der Waals surface area (Å²) in [6.45, 7) is 2.68. The van der Waals surface area contributed by atoms with Gasteiger partial charge in [0.15, 0.2) is 5.13 Å². The van der Waals surface area contributed by atoms with Crippen LogP contribution >= 0.6 is 22.7 Å². The van der Waals surface area contributed by atoms with Gasteiger partial charge < -0.3 is 15.0 Å². The van der Waals surface area contributed by atoms with Crippen molar-refractivity contribution >= 4 is 45.5 Å². The van der Waals surface area contributed by atoms with Crippen molar-refractivity contribution in [2.24, 2.45) is 0 Å². The first-order chi connectivity index (χ1) is 16.1. The summed E-state index contributed by atoms with van der Waals surface area (Å²) in [5, 5.41) is 6.93. The normalized spacial score (nSPS) is 14.4. The van der Waals surface area contributed by atoms with E-state index in [0.29, 0.717) is 18.1 Å². The van der Waals surface area contributed by atoms with Crippen LogP contribution in [0.1, 0.15) is 25.7 Å². The Morgan fingerprint density at radius 2 is 1.79 bits per heavy atom. The molecule has 1 aliphatic rings. The number of anilines is 1. The van der Waals surface area contributed by atoms with Gasteiger partial charge in [-0.3, -0.25) is 25.2 Å². The molecule has 11 heteroatoms. The molecule has 1 aliphatic heterocycles. The molecule has 0 aliphatic carbocycles. The van der Waals surface area contributed by atoms with Crippen LogP contribution in [0.4, 0.5) is 5.13 Å². The number of hydrogen-bond donors (Lipinski definition) is 3. The zero-order valence-electron chi connectivity index (χ0n) is 17.7. The van der Waals surface area contributed by atoms with E-state index in [1.54, 1.807) is 22.9 Å². The molecule has 3 heterocycles. The minimum atomic E-state index is -0.873. The van der Waals surface area contributed by atoms with Gasteiger partial charge in [0, 0.05) is 24.9 Å². The Balaban J connectivity index is 1.38. The molecule has 1 aromatic carbocycles. The van der Waals surface area contributed by atoms with Gasteiger partial charge >= 0.3 is 0 Å². The summed E-state index contributed by atoms with van der Waals surface area (Å²) in [7, 11) is 0. The number of thiazole rings is 1. The fraction of sp³-hybridized carbons (Fsp3) is 0.273. The van der Waals surface area contributed by atoms with E-state index < -0.39 is 17.9 Å². The molecule has 3 amide bonds. The molecule has 0 saturated carbocycles. The van der Waals surface area contributed by atoms with Crippen molar-refractivity contribution < 1.29 is 19.1 Å². The molecule has 0 radical (unpaired) electrons. The quantitative estimate of drug-likeness (QED) is 0.440. The maximum absolute atomic E-state index is 12.9. The van der Waals surface area contributed by atoms with E-state index in [4.69, 9.17) is 4.74 Å². The van der Waals surface area contributed by atoms with Gasteiger partial charge in [0.2, 0.25) is 0 Å². The number of aromatic nitrogens is 1. The number of thiophene rings is 1.